The lowest BCUT2D eigenvalue weighted by Gasteiger charge is -2.40. The van der Waals surface area contributed by atoms with E-state index in [9.17, 15) is 4.79 Å². The van der Waals surface area contributed by atoms with Gasteiger partial charge in [0.1, 0.15) is 0 Å². The number of hydrogen-bond donors (Lipinski definition) is 1. The van der Waals surface area contributed by atoms with Crippen LogP contribution < -0.4 is 15.1 Å². The molecule has 3 aliphatic heterocycles. The minimum Gasteiger partial charge on any atom is -0.372 e. The van der Waals surface area contributed by atoms with Crippen molar-refractivity contribution < 1.29 is 4.79 Å². The molecule has 2 atom stereocenters. The molecule has 1 aliphatic carbocycles. The average molecular weight is 597 g/mol. The molecule has 0 bridgehead atoms. The molecular formula is C40H44N4O. The average Bonchev–Trinajstić information content (AvgIpc) is 3.48. The molecule has 0 radical (unpaired) electrons. The molecule has 8 rings (SSSR count). The summed E-state index contributed by atoms with van der Waals surface area (Å²) in [5.74, 6) is 1.75. The van der Waals surface area contributed by atoms with Crippen LogP contribution >= 0.6 is 0 Å². The molecule has 0 saturated carbocycles. The number of nitrogens with one attached hydrogen (secondary N) is 1. The fourth-order valence-corrected chi connectivity index (χ4v) is 8.47. The molecule has 5 heteroatoms. The molecule has 0 spiro atoms. The monoisotopic (exact) mass is 596 g/mol. The van der Waals surface area contributed by atoms with E-state index >= 15 is 0 Å². The van der Waals surface area contributed by atoms with Gasteiger partial charge in [-0.1, -0.05) is 66.7 Å². The number of carbonyl (C=O) groups is 1. The summed E-state index contributed by atoms with van der Waals surface area (Å²) in [6, 6.07) is 36.2. The van der Waals surface area contributed by atoms with Crippen LogP contribution in [-0.2, 0) is 13.0 Å². The van der Waals surface area contributed by atoms with Crippen LogP contribution in [0, 0.1) is 5.92 Å². The minimum atomic E-state index is 0.0620. The molecule has 45 heavy (non-hydrogen) atoms. The predicted octanol–water partition coefficient (Wildman–Crippen LogP) is 6.83. The molecule has 2 fully saturated rings. The summed E-state index contributed by atoms with van der Waals surface area (Å²) in [6.45, 7) is 8.51. The number of fused-ring (bicyclic) bond motifs is 2. The highest BCUT2D eigenvalue weighted by molar-refractivity contribution is 5.98. The number of piperidine rings is 1. The van der Waals surface area contributed by atoms with Gasteiger partial charge >= 0.3 is 0 Å². The Bertz CT molecular complexity index is 1630. The maximum Gasteiger partial charge on any atom is 0.251 e. The number of aryl methyl sites for hydroxylation is 1. The number of carbonyl (C=O) groups excluding carboxylic acids is 1. The molecule has 2 saturated heterocycles. The molecule has 0 aromatic heterocycles. The fourth-order valence-electron chi connectivity index (χ4n) is 8.47. The van der Waals surface area contributed by atoms with E-state index in [1.54, 1.807) is 0 Å². The molecule has 1 N–H and O–H groups in total. The van der Waals surface area contributed by atoms with Gasteiger partial charge in [0.25, 0.3) is 5.91 Å². The van der Waals surface area contributed by atoms with Crippen LogP contribution in [0.15, 0.2) is 97.1 Å². The number of benzene rings is 4. The first-order chi connectivity index (χ1) is 22.2. The van der Waals surface area contributed by atoms with Crippen LogP contribution in [0.25, 0.3) is 0 Å². The van der Waals surface area contributed by atoms with E-state index < -0.39 is 0 Å². The second-order valence-corrected chi connectivity index (χ2v) is 13.6. The highest BCUT2D eigenvalue weighted by Gasteiger charge is 2.32. The Labute approximate surface area is 267 Å². The van der Waals surface area contributed by atoms with Crippen LogP contribution in [0.3, 0.4) is 0 Å². The third kappa shape index (κ3) is 5.75. The van der Waals surface area contributed by atoms with Gasteiger partial charge in [-0.2, -0.15) is 0 Å². The summed E-state index contributed by atoms with van der Waals surface area (Å²) < 4.78 is 0. The third-order valence-corrected chi connectivity index (χ3v) is 11.0. The summed E-state index contributed by atoms with van der Waals surface area (Å²) in [4.78, 5) is 19.7. The second kappa shape index (κ2) is 12.4. The van der Waals surface area contributed by atoms with Crippen LogP contribution in [0.5, 0.6) is 0 Å². The first kappa shape index (κ1) is 28.4. The Morgan fingerprint density at radius 1 is 0.644 bits per heavy atom. The Balaban J connectivity index is 0.870. The lowest BCUT2D eigenvalue weighted by atomic mass is 9.69. The van der Waals surface area contributed by atoms with Crippen LogP contribution in [0.4, 0.5) is 11.4 Å². The molecule has 1 amide bonds. The Morgan fingerprint density at radius 2 is 1.36 bits per heavy atom. The van der Waals surface area contributed by atoms with E-state index in [1.165, 1.54) is 59.4 Å². The first-order valence-electron chi connectivity index (χ1n) is 17.1. The Hall–Kier alpha value is -4.09. The number of nitrogens with zero attached hydrogens (tertiary/aromatic N) is 3. The highest BCUT2D eigenvalue weighted by Crippen LogP contribution is 2.46. The van der Waals surface area contributed by atoms with Gasteiger partial charge in [-0.05, 0) is 95.7 Å². The van der Waals surface area contributed by atoms with Gasteiger partial charge in [0.05, 0.1) is 0 Å². The van der Waals surface area contributed by atoms with E-state index in [2.05, 4.69) is 111 Å². The number of anilines is 2. The van der Waals surface area contributed by atoms with Crippen LogP contribution in [-0.4, -0.2) is 56.6 Å². The maximum atomic E-state index is 11.9. The van der Waals surface area contributed by atoms with Gasteiger partial charge in [0.2, 0.25) is 0 Å². The SMILES string of the molecule is O=C1NCc2cc(N3CCN(CC4CCN(c5ccc(C6c7ccccc7CCC6c6ccccc6)cc5)CC4)CC3)ccc21. The minimum absolute atomic E-state index is 0.0620. The topological polar surface area (TPSA) is 38.8 Å². The van der Waals surface area contributed by atoms with Gasteiger partial charge in [-0.3, -0.25) is 9.69 Å². The normalized spacial score (nSPS) is 22.2. The van der Waals surface area contributed by atoms with E-state index in [0.717, 1.165) is 62.7 Å². The van der Waals surface area contributed by atoms with Crippen molar-refractivity contribution in [2.24, 2.45) is 5.92 Å². The van der Waals surface area contributed by atoms with E-state index in [4.69, 9.17) is 0 Å². The summed E-state index contributed by atoms with van der Waals surface area (Å²) >= 11 is 0. The van der Waals surface area contributed by atoms with Gasteiger partial charge in [0.15, 0.2) is 0 Å². The standard InChI is InChI=1S/C40H44N4O/c45-40-38-17-15-35(26-33(38)27-41-40)44-24-22-42(23-25-44)28-29-18-20-43(21-19-29)34-13-10-32(11-14-34)39-36-9-5-4-8-31(36)12-16-37(39)30-6-2-1-3-7-30/h1-11,13-15,17,26,29,37,39H,12,16,18-25,27-28H2,(H,41,45). The molecular weight excluding hydrogens is 552 g/mol. The van der Waals surface area contributed by atoms with Crippen molar-refractivity contribution in [1.82, 2.24) is 10.2 Å². The van der Waals surface area contributed by atoms with Gasteiger partial charge < -0.3 is 15.1 Å². The number of amides is 1. The summed E-state index contributed by atoms with van der Waals surface area (Å²) in [6.07, 6.45) is 4.88. The summed E-state index contributed by atoms with van der Waals surface area (Å²) in [7, 11) is 0. The zero-order valence-electron chi connectivity index (χ0n) is 26.2. The quantitative estimate of drug-likeness (QED) is 0.265. The number of piperazine rings is 1. The molecule has 2 unspecified atom stereocenters. The molecule has 4 aliphatic rings. The summed E-state index contributed by atoms with van der Waals surface area (Å²) in [5.41, 5.74) is 10.5. The third-order valence-electron chi connectivity index (χ3n) is 11.0. The smallest absolute Gasteiger partial charge is 0.251 e. The van der Waals surface area contributed by atoms with Crippen LogP contribution in [0.2, 0.25) is 0 Å². The fraction of sp³-hybridized carbons (Fsp3) is 0.375. The van der Waals surface area contributed by atoms with Crippen molar-refractivity contribution in [3.05, 3.63) is 130 Å². The van der Waals surface area contributed by atoms with Crippen molar-refractivity contribution in [3.63, 3.8) is 0 Å². The van der Waals surface area contributed by atoms with Crippen LogP contribution in [0.1, 0.15) is 69.3 Å². The van der Waals surface area contributed by atoms with Gasteiger partial charge in [-0.15, -0.1) is 0 Å². The zero-order valence-corrected chi connectivity index (χ0v) is 26.2. The predicted molar refractivity (Wildman–Crippen MR) is 183 cm³/mol. The van der Waals surface area contributed by atoms with Crippen molar-refractivity contribution in [3.8, 4) is 0 Å². The zero-order chi connectivity index (χ0) is 30.2. The Kier molecular flexibility index (Phi) is 7.80. The maximum absolute atomic E-state index is 11.9. The van der Waals surface area contributed by atoms with E-state index in [0.29, 0.717) is 18.4 Å². The van der Waals surface area contributed by atoms with E-state index in [1.807, 2.05) is 6.07 Å². The van der Waals surface area contributed by atoms with E-state index in [-0.39, 0.29) is 5.91 Å². The molecule has 4 aromatic carbocycles. The molecule has 5 nitrogen and oxygen atoms in total. The molecule has 230 valence electrons. The lowest BCUT2D eigenvalue weighted by Crippen LogP contribution is -2.49. The van der Waals surface area contributed by atoms with Gasteiger partial charge in [-0.25, -0.2) is 0 Å². The highest BCUT2D eigenvalue weighted by atomic mass is 16.1. The number of hydrogen-bond acceptors (Lipinski definition) is 4. The lowest BCUT2D eigenvalue weighted by molar-refractivity contribution is 0.0965. The van der Waals surface area contributed by atoms with Crippen molar-refractivity contribution in [2.45, 2.75) is 44.1 Å². The van der Waals surface area contributed by atoms with Crippen molar-refractivity contribution in [2.75, 3.05) is 55.6 Å². The Morgan fingerprint density at radius 3 is 2.16 bits per heavy atom. The van der Waals surface area contributed by atoms with Crippen molar-refractivity contribution in [1.29, 1.82) is 0 Å². The largest absolute Gasteiger partial charge is 0.372 e. The second-order valence-electron chi connectivity index (χ2n) is 13.6. The molecule has 4 aromatic rings. The van der Waals surface area contributed by atoms with Crippen molar-refractivity contribution >= 4 is 17.3 Å². The van der Waals surface area contributed by atoms with Gasteiger partial charge in [0, 0.05) is 75.2 Å². The summed E-state index contributed by atoms with van der Waals surface area (Å²) in [5, 5.41) is 2.94. The molecule has 3 heterocycles. The first-order valence-corrected chi connectivity index (χ1v) is 17.1. The number of rotatable bonds is 6.